The topological polar surface area (TPSA) is 130 Å². The van der Waals surface area contributed by atoms with Crippen molar-refractivity contribution in [2.45, 2.75) is 45.6 Å². The molecule has 2 aliphatic rings. The Morgan fingerprint density at radius 2 is 1.89 bits per heavy atom. The molecule has 196 valence electrons. The van der Waals surface area contributed by atoms with Crippen molar-refractivity contribution in [3.05, 3.63) is 35.0 Å². The molecule has 37 heavy (non-hydrogen) atoms. The second-order valence-electron chi connectivity index (χ2n) is 9.72. The largest absolute Gasteiger partial charge is 0.494 e. The van der Waals surface area contributed by atoms with Gasteiger partial charge in [-0.3, -0.25) is 4.79 Å². The average molecular weight is 512 g/mol. The Balaban J connectivity index is 1.51. The van der Waals surface area contributed by atoms with Crippen molar-refractivity contribution in [1.29, 1.82) is 0 Å². The summed E-state index contributed by atoms with van der Waals surface area (Å²) >= 11 is 0. The first-order chi connectivity index (χ1) is 17.7. The Kier molecular flexibility index (Phi) is 6.61. The first-order valence-electron chi connectivity index (χ1n) is 12.4. The number of aromatic amines is 1. The van der Waals surface area contributed by atoms with Crippen molar-refractivity contribution in [2.24, 2.45) is 5.92 Å². The molecule has 3 N–H and O–H groups in total. The van der Waals surface area contributed by atoms with Crippen LogP contribution in [0.15, 0.2) is 12.1 Å². The molecule has 10 nitrogen and oxygen atoms in total. The first kappa shape index (κ1) is 24.8. The minimum absolute atomic E-state index is 0.0622. The van der Waals surface area contributed by atoms with Gasteiger partial charge in [0.15, 0.2) is 11.6 Å². The smallest absolute Gasteiger partial charge is 0.407 e. The lowest BCUT2D eigenvalue weighted by Crippen LogP contribution is -2.46. The van der Waals surface area contributed by atoms with Gasteiger partial charge in [0.25, 0.3) is 5.91 Å². The number of ether oxygens (including phenoxy) is 2. The van der Waals surface area contributed by atoms with Crippen LogP contribution in [0.2, 0.25) is 0 Å². The molecule has 1 saturated heterocycles. The number of carbonyl (C=O) groups is 2. The third-order valence-electron chi connectivity index (χ3n) is 6.95. The number of carbonyl (C=O) groups excluding carboxylic acids is 1. The predicted molar refractivity (Wildman–Crippen MR) is 134 cm³/mol. The van der Waals surface area contributed by atoms with Crippen molar-refractivity contribution in [2.75, 3.05) is 26.8 Å². The molecule has 3 aromatic rings. The molecule has 0 atom stereocenters. The minimum atomic E-state index is -0.949. The number of aromatic nitrogens is 3. The Morgan fingerprint density at radius 1 is 1.16 bits per heavy atom. The molecule has 2 amide bonds. The van der Waals surface area contributed by atoms with E-state index in [9.17, 15) is 19.1 Å². The fraction of sp³-hybridized carbons (Fsp3) is 0.462. The van der Waals surface area contributed by atoms with Gasteiger partial charge in [0.1, 0.15) is 22.8 Å². The van der Waals surface area contributed by atoms with Gasteiger partial charge in [-0.25, -0.2) is 19.2 Å². The summed E-state index contributed by atoms with van der Waals surface area (Å²) in [5, 5.41) is 12.2. The number of hydrogen-bond acceptors (Lipinski definition) is 6. The van der Waals surface area contributed by atoms with E-state index >= 15 is 0 Å². The maximum absolute atomic E-state index is 14.6. The Morgan fingerprint density at radius 3 is 2.54 bits per heavy atom. The fourth-order valence-corrected chi connectivity index (χ4v) is 4.73. The monoisotopic (exact) mass is 511 g/mol. The van der Waals surface area contributed by atoms with Crippen LogP contribution in [0.5, 0.6) is 11.5 Å². The van der Waals surface area contributed by atoms with Crippen molar-refractivity contribution in [3.8, 4) is 22.8 Å². The van der Waals surface area contributed by atoms with Gasteiger partial charge in [-0.2, -0.15) is 0 Å². The molecule has 11 heteroatoms. The molecule has 1 aliphatic carbocycles. The van der Waals surface area contributed by atoms with Crippen LogP contribution in [0.25, 0.3) is 22.3 Å². The van der Waals surface area contributed by atoms with Gasteiger partial charge in [0, 0.05) is 36.5 Å². The van der Waals surface area contributed by atoms with Crippen molar-refractivity contribution >= 4 is 23.0 Å². The van der Waals surface area contributed by atoms with E-state index in [1.807, 2.05) is 0 Å². The first-order valence-corrected chi connectivity index (χ1v) is 12.4. The zero-order valence-electron chi connectivity index (χ0n) is 21.1. The van der Waals surface area contributed by atoms with E-state index in [-0.39, 0.29) is 17.7 Å². The lowest BCUT2D eigenvalue weighted by atomic mass is 10.0. The third-order valence-corrected chi connectivity index (χ3v) is 6.95. The summed E-state index contributed by atoms with van der Waals surface area (Å²) in [6.45, 7) is 4.76. The van der Waals surface area contributed by atoms with Crippen LogP contribution >= 0.6 is 0 Å². The number of rotatable bonds is 7. The summed E-state index contributed by atoms with van der Waals surface area (Å²) in [6, 6.07) is 2.73. The SMILES string of the molecule is COc1cc(-c2nc(C)nc3c(C(=O)NC4CCN(C(=O)O)CC4)c(C)[nH]c23)c(OCC2CC2)cc1F. The van der Waals surface area contributed by atoms with Gasteiger partial charge >= 0.3 is 6.09 Å². The molecule has 2 fully saturated rings. The molecule has 0 spiro atoms. The zero-order valence-corrected chi connectivity index (χ0v) is 21.1. The third kappa shape index (κ3) is 5.03. The lowest BCUT2D eigenvalue weighted by Gasteiger charge is -2.30. The second-order valence-corrected chi connectivity index (χ2v) is 9.72. The summed E-state index contributed by atoms with van der Waals surface area (Å²) in [6.07, 6.45) is 2.31. The number of likely N-dealkylation sites (tertiary alicyclic amines) is 1. The Labute approximate surface area is 213 Å². The number of hydrogen-bond donors (Lipinski definition) is 3. The number of amides is 2. The summed E-state index contributed by atoms with van der Waals surface area (Å²) in [5.41, 5.74) is 3.05. The molecule has 1 aliphatic heterocycles. The number of H-pyrrole nitrogens is 1. The van der Waals surface area contributed by atoms with Crippen LogP contribution < -0.4 is 14.8 Å². The van der Waals surface area contributed by atoms with E-state index in [4.69, 9.17) is 9.47 Å². The molecule has 0 unspecified atom stereocenters. The highest BCUT2D eigenvalue weighted by atomic mass is 19.1. The van der Waals surface area contributed by atoms with Gasteiger partial charge in [-0.05, 0) is 51.5 Å². The predicted octanol–water partition coefficient (Wildman–Crippen LogP) is 4.05. The highest BCUT2D eigenvalue weighted by molar-refractivity contribution is 6.09. The minimum Gasteiger partial charge on any atom is -0.494 e. The molecule has 0 bridgehead atoms. The number of halogens is 1. The Bertz CT molecular complexity index is 1360. The summed E-state index contributed by atoms with van der Waals surface area (Å²) in [5.74, 6) is 0.511. The number of piperidine rings is 1. The molecular weight excluding hydrogens is 481 g/mol. The maximum Gasteiger partial charge on any atom is 0.407 e. The standard InChI is InChI=1S/C26H30FN5O5/c1-13-21(25(33)31-16-6-8-32(9-7-16)26(34)35)23-24(28-13)22(29-14(2)30-23)17-10-20(36-3)18(27)11-19(17)37-12-15-4-5-15/h10-11,15-16,28H,4-9,12H2,1-3H3,(H,31,33)(H,34,35). The molecule has 1 saturated carbocycles. The number of methoxy groups -OCH3 is 1. The van der Waals surface area contributed by atoms with E-state index in [0.29, 0.717) is 83.6 Å². The molecule has 1 aromatic carbocycles. The lowest BCUT2D eigenvalue weighted by molar-refractivity contribution is 0.0908. The summed E-state index contributed by atoms with van der Waals surface area (Å²) < 4.78 is 25.8. The Hall–Kier alpha value is -3.89. The number of aryl methyl sites for hydroxylation is 2. The van der Waals surface area contributed by atoms with Crippen LogP contribution in [-0.4, -0.2) is 69.8 Å². The summed E-state index contributed by atoms with van der Waals surface area (Å²) in [4.78, 5) is 38.4. The molecular formula is C26H30FN5O5. The zero-order chi connectivity index (χ0) is 26.3. The highest BCUT2D eigenvalue weighted by Gasteiger charge is 2.28. The highest BCUT2D eigenvalue weighted by Crippen LogP contribution is 2.40. The number of carboxylic acid groups (broad SMARTS) is 1. The van der Waals surface area contributed by atoms with Crippen LogP contribution in [0.4, 0.5) is 9.18 Å². The van der Waals surface area contributed by atoms with Gasteiger partial charge in [-0.1, -0.05) is 0 Å². The van der Waals surface area contributed by atoms with E-state index in [0.717, 1.165) is 12.8 Å². The van der Waals surface area contributed by atoms with Crippen molar-refractivity contribution < 1.29 is 28.6 Å². The second kappa shape index (κ2) is 9.87. The molecule has 0 radical (unpaired) electrons. The number of benzene rings is 1. The normalized spacial score (nSPS) is 16.2. The van der Waals surface area contributed by atoms with E-state index in [1.54, 1.807) is 19.9 Å². The summed E-state index contributed by atoms with van der Waals surface area (Å²) in [7, 11) is 1.40. The van der Waals surface area contributed by atoms with Crippen molar-refractivity contribution in [1.82, 2.24) is 25.2 Å². The van der Waals surface area contributed by atoms with Gasteiger partial charge < -0.3 is 29.8 Å². The number of nitrogens with one attached hydrogen (secondary N) is 2. The van der Waals surface area contributed by atoms with Gasteiger partial charge in [-0.15, -0.1) is 0 Å². The van der Waals surface area contributed by atoms with Crippen LogP contribution in [0.3, 0.4) is 0 Å². The average Bonchev–Trinajstić information content (AvgIpc) is 3.63. The van der Waals surface area contributed by atoms with Crippen LogP contribution in [0.1, 0.15) is 47.6 Å². The quantitative estimate of drug-likeness (QED) is 0.436. The van der Waals surface area contributed by atoms with Crippen LogP contribution in [0, 0.1) is 25.6 Å². The fourth-order valence-electron chi connectivity index (χ4n) is 4.73. The molecule has 5 rings (SSSR count). The molecule has 2 aromatic heterocycles. The van der Waals surface area contributed by atoms with Gasteiger partial charge in [0.2, 0.25) is 0 Å². The van der Waals surface area contributed by atoms with E-state index in [2.05, 4.69) is 20.3 Å². The molecule has 3 heterocycles. The van der Waals surface area contributed by atoms with Crippen LogP contribution in [-0.2, 0) is 0 Å². The van der Waals surface area contributed by atoms with Gasteiger partial charge in [0.05, 0.1) is 24.8 Å². The maximum atomic E-state index is 14.6. The van der Waals surface area contributed by atoms with Crippen molar-refractivity contribution in [3.63, 3.8) is 0 Å². The van der Waals surface area contributed by atoms with E-state index < -0.39 is 11.9 Å². The van der Waals surface area contributed by atoms with E-state index in [1.165, 1.54) is 18.1 Å². The number of nitrogens with zero attached hydrogens (tertiary/aromatic N) is 3. The number of fused-ring (bicyclic) bond motifs is 1.